The van der Waals surface area contributed by atoms with E-state index in [-0.39, 0.29) is 22.4 Å². The summed E-state index contributed by atoms with van der Waals surface area (Å²) in [6, 6.07) is 4.11. The summed E-state index contributed by atoms with van der Waals surface area (Å²) in [6.45, 7) is 0. The third kappa shape index (κ3) is 4.57. The maximum atomic E-state index is 11.8. The Bertz CT molecular complexity index is 710. The molecule has 0 saturated carbocycles. The van der Waals surface area contributed by atoms with Crippen LogP contribution in [0, 0.1) is 10.1 Å². The van der Waals surface area contributed by atoms with Crippen LogP contribution in [0.4, 0.5) is 11.4 Å². The molecule has 1 heterocycles. The number of amides is 1. The van der Waals surface area contributed by atoms with Gasteiger partial charge in [0.15, 0.2) is 8.68 Å². The Kier molecular flexibility index (Phi) is 6.00. The Balaban J connectivity index is 1.94. The summed E-state index contributed by atoms with van der Waals surface area (Å²) in [5.41, 5.74) is 0.0737. The molecule has 11 heteroatoms. The molecule has 0 unspecified atom stereocenters. The SMILES string of the molecule is CSc1nnc(SCC(=O)Nc2ccc(Cl)c([N+](=O)[O-])c2)s1. The fourth-order valence-electron chi connectivity index (χ4n) is 1.39. The van der Waals surface area contributed by atoms with Crippen LogP contribution in [0.5, 0.6) is 0 Å². The number of benzene rings is 1. The number of nitro benzene ring substituents is 1. The third-order valence-electron chi connectivity index (χ3n) is 2.32. The molecule has 0 bridgehead atoms. The van der Waals surface area contributed by atoms with Crippen molar-refractivity contribution in [2.75, 3.05) is 17.3 Å². The quantitative estimate of drug-likeness (QED) is 0.467. The average Bonchev–Trinajstić information content (AvgIpc) is 2.95. The number of carbonyl (C=O) groups excluding carboxylic acids is 1. The molecule has 2 aromatic rings. The lowest BCUT2D eigenvalue weighted by Gasteiger charge is -2.04. The van der Waals surface area contributed by atoms with Gasteiger partial charge in [-0.25, -0.2) is 0 Å². The number of nitrogens with zero attached hydrogens (tertiary/aromatic N) is 3. The van der Waals surface area contributed by atoms with Gasteiger partial charge in [0, 0.05) is 11.8 Å². The summed E-state index contributed by atoms with van der Waals surface area (Å²) in [7, 11) is 0. The zero-order valence-electron chi connectivity index (χ0n) is 11.1. The minimum absolute atomic E-state index is 0.0239. The number of thioether (sulfide) groups is 2. The van der Waals surface area contributed by atoms with Crippen LogP contribution in [0.2, 0.25) is 5.02 Å². The van der Waals surface area contributed by atoms with Gasteiger partial charge in [0.25, 0.3) is 5.69 Å². The van der Waals surface area contributed by atoms with Crippen LogP contribution in [0.25, 0.3) is 0 Å². The number of hydrogen-bond acceptors (Lipinski definition) is 8. The van der Waals surface area contributed by atoms with Gasteiger partial charge in [0.2, 0.25) is 5.91 Å². The third-order valence-corrected chi connectivity index (χ3v) is 5.67. The van der Waals surface area contributed by atoms with E-state index in [9.17, 15) is 14.9 Å². The zero-order chi connectivity index (χ0) is 16.1. The number of anilines is 1. The molecule has 0 aliphatic carbocycles. The van der Waals surface area contributed by atoms with Gasteiger partial charge in [-0.2, -0.15) is 0 Å². The van der Waals surface area contributed by atoms with Crippen molar-refractivity contribution < 1.29 is 9.72 Å². The largest absolute Gasteiger partial charge is 0.325 e. The molecule has 1 aromatic carbocycles. The van der Waals surface area contributed by atoms with Crippen LogP contribution in [-0.4, -0.2) is 33.0 Å². The van der Waals surface area contributed by atoms with Crippen molar-refractivity contribution in [3.8, 4) is 0 Å². The molecule has 0 atom stereocenters. The fourth-order valence-corrected chi connectivity index (χ4v) is 3.82. The van der Waals surface area contributed by atoms with Crippen LogP contribution in [-0.2, 0) is 4.79 Å². The zero-order valence-corrected chi connectivity index (χ0v) is 14.3. The van der Waals surface area contributed by atoms with Gasteiger partial charge in [-0.3, -0.25) is 14.9 Å². The summed E-state index contributed by atoms with van der Waals surface area (Å²) in [6.07, 6.45) is 1.90. The van der Waals surface area contributed by atoms with E-state index in [0.29, 0.717) is 10.0 Å². The van der Waals surface area contributed by atoms with Crippen LogP contribution < -0.4 is 5.32 Å². The van der Waals surface area contributed by atoms with Gasteiger partial charge in [-0.15, -0.1) is 10.2 Å². The maximum absolute atomic E-state index is 11.8. The van der Waals surface area contributed by atoms with Crippen molar-refractivity contribution in [2.24, 2.45) is 0 Å². The Morgan fingerprint density at radius 1 is 1.45 bits per heavy atom. The molecule has 2 rings (SSSR count). The number of aromatic nitrogens is 2. The number of hydrogen-bond donors (Lipinski definition) is 1. The minimum Gasteiger partial charge on any atom is -0.325 e. The van der Waals surface area contributed by atoms with Crippen LogP contribution in [0.1, 0.15) is 0 Å². The Morgan fingerprint density at radius 3 is 2.82 bits per heavy atom. The molecule has 1 amide bonds. The lowest BCUT2D eigenvalue weighted by Crippen LogP contribution is -2.14. The van der Waals surface area contributed by atoms with Crippen molar-refractivity contribution in [1.82, 2.24) is 10.2 Å². The Hall–Kier alpha value is -1.36. The Labute approximate surface area is 143 Å². The fraction of sp³-hybridized carbons (Fsp3) is 0.182. The van der Waals surface area contributed by atoms with E-state index in [1.54, 1.807) is 0 Å². The Morgan fingerprint density at radius 2 is 2.18 bits per heavy atom. The summed E-state index contributed by atoms with van der Waals surface area (Å²) in [5, 5.41) is 21.3. The summed E-state index contributed by atoms with van der Waals surface area (Å²) in [5.74, 6) is -0.151. The van der Waals surface area contributed by atoms with Crippen molar-refractivity contribution in [1.29, 1.82) is 0 Å². The highest BCUT2D eigenvalue weighted by atomic mass is 35.5. The molecule has 0 radical (unpaired) electrons. The second kappa shape index (κ2) is 7.77. The van der Waals surface area contributed by atoms with E-state index in [0.717, 1.165) is 4.34 Å². The minimum atomic E-state index is -0.599. The molecule has 116 valence electrons. The molecule has 0 aliphatic heterocycles. The summed E-state index contributed by atoms with van der Waals surface area (Å²) < 4.78 is 1.53. The first-order valence-electron chi connectivity index (χ1n) is 5.73. The van der Waals surface area contributed by atoms with E-state index in [4.69, 9.17) is 11.6 Å². The van der Waals surface area contributed by atoms with E-state index < -0.39 is 4.92 Å². The van der Waals surface area contributed by atoms with Crippen LogP contribution in [0.15, 0.2) is 26.9 Å². The number of nitro groups is 1. The maximum Gasteiger partial charge on any atom is 0.289 e. The highest BCUT2D eigenvalue weighted by Gasteiger charge is 2.14. The topological polar surface area (TPSA) is 98.0 Å². The molecule has 22 heavy (non-hydrogen) atoms. The predicted octanol–water partition coefficient (Wildman–Crippen LogP) is 3.55. The van der Waals surface area contributed by atoms with Crippen molar-refractivity contribution in [2.45, 2.75) is 8.68 Å². The number of halogens is 1. The van der Waals surface area contributed by atoms with E-state index in [1.165, 1.54) is 53.1 Å². The van der Waals surface area contributed by atoms with Crippen LogP contribution in [0.3, 0.4) is 0 Å². The summed E-state index contributed by atoms with van der Waals surface area (Å²) in [4.78, 5) is 22.0. The van der Waals surface area contributed by atoms with Gasteiger partial charge in [0.1, 0.15) is 5.02 Å². The highest BCUT2D eigenvalue weighted by Crippen LogP contribution is 2.29. The number of rotatable bonds is 6. The molecule has 0 aliphatic rings. The van der Waals surface area contributed by atoms with Gasteiger partial charge in [-0.1, -0.05) is 46.5 Å². The molecule has 0 spiro atoms. The number of carbonyl (C=O) groups is 1. The first kappa shape index (κ1) is 17.0. The number of nitrogens with one attached hydrogen (secondary N) is 1. The second-order valence-corrected chi connectivity index (χ2v) is 7.46. The van der Waals surface area contributed by atoms with E-state index >= 15 is 0 Å². The molecule has 0 fully saturated rings. The van der Waals surface area contributed by atoms with Gasteiger partial charge < -0.3 is 5.32 Å². The van der Waals surface area contributed by atoms with Gasteiger partial charge in [-0.05, 0) is 18.4 Å². The molecule has 1 aromatic heterocycles. The lowest BCUT2D eigenvalue weighted by atomic mass is 10.3. The highest BCUT2D eigenvalue weighted by molar-refractivity contribution is 8.03. The van der Waals surface area contributed by atoms with E-state index in [1.807, 2.05) is 6.26 Å². The smallest absolute Gasteiger partial charge is 0.289 e. The first-order chi connectivity index (χ1) is 10.5. The summed E-state index contributed by atoms with van der Waals surface area (Å²) >= 11 is 9.86. The molecule has 7 nitrogen and oxygen atoms in total. The monoisotopic (exact) mass is 376 g/mol. The second-order valence-electron chi connectivity index (χ2n) is 3.80. The van der Waals surface area contributed by atoms with Crippen molar-refractivity contribution in [3.05, 3.63) is 33.3 Å². The van der Waals surface area contributed by atoms with Gasteiger partial charge >= 0.3 is 0 Å². The molecule has 1 N–H and O–H groups in total. The van der Waals surface area contributed by atoms with Crippen LogP contribution >= 0.6 is 46.5 Å². The lowest BCUT2D eigenvalue weighted by molar-refractivity contribution is -0.384. The van der Waals surface area contributed by atoms with Gasteiger partial charge in [0.05, 0.1) is 10.7 Å². The molecular weight excluding hydrogens is 368 g/mol. The predicted molar refractivity (Wildman–Crippen MR) is 89.2 cm³/mol. The van der Waals surface area contributed by atoms with E-state index in [2.05, 4.69) is 15.5 Å². The normalized spacial score (nSPS) is 10.5. The van der Waals surface area contributed by atoms with Crippen molar-refractivity contribution >= 4 is 63.7 Å². The standard InChI is InChI=1S/C11H9ClN4O3S3/c1-20-10-14-15-11(22-10)21-5-9(17)13-6-2-3-7(12)8(4-6)16(18)19/h2-4H,5H2,1H3,(H,13,17). The molecular formula is C11H9ClN4O3S3. The first-order valence-corrected chi connectivity index (χ1v) is 9.14. The average molecular weight is 377 g/mol. The molecule has 0 saturated heterocycles. The van der Waals surface area contributed by atoms with Crippen molar-refractivity contribution in [3.63, 3.8) is 0 Å².